The van der Waals surface area contributed by atoms with Crippen LogP contribution in [-0.2, 0) is 4.74 Å². The van der Waals surface area contributed by atoms with Crippen LogP contribution >= 0.6 is 0 Å². The van der Waals surface area contributed by atoms with Crippen molar-refractivity contribution in [2.45, 2.75) is 37.8 Å². The van der Waals surface area contributed by atoms with Gasteiger partial charge in [-0.05, 0) is 37.8 Å². The summed E-state index contributed by atoms with van der Waals surface area (Å²) in [6, 6.07) is 7.57. The standard InChI is InChI=1S/C19H22FN5O2/c20-16-11-22-18(23-14-6-4-13(21)5-7-14)24-17(16)12-2-1-3-15(10-12)25-8-9-27-19(25)26/h1-3,10-11,13-14H,4-9,21H2,(H,22,23,24)/t13-,14-. The van der Waals surface area contributed by atoms with Crippen LogP contribution in [0.2, 0.25) is 0 Å². The quantitative estimate of drug-likeness (QED) is 0.858. The number of rotatable bonds is 4. The predicted octanol–water partition coefficient (Wildman–Crippen LogP) is 2.92. The highest BCUT2D eigenvalue weighted by atomic mass is 19.1. The molecule has 0 bridgehead atoms. The van der Waals surface area contributed by atoms with Gasteiger partial charge in [-0.25, -0.2) is 19.2 Å². The molecule has 1 aromatic carbocycles. The number of hydrogen-bond acceptors (Lipinski definition) is 6. The lowest BCUT2D eigenvalue weighted by Gasteiger charge is -2.26. The molecule has 4 rings (SSSR count). The summed E-state index contributed by atoms with van der Waals surface area (Å²) in [7, 11) is 0. The molecule has 1 aliphatic heterocycles. The van der Waals surface area contributed by atoms with Gasteiger partial charge in [0.05, 0.1) is 12.7 Å². The van der Waals surface area contributed by atoms with E-state index in [4.69, 9.17) is 10.5 Å². The van der Waals surface area contributed by atoms with E-state index >= 15 is 0 Å². The first kappa shape index (κ1) is 17.7. The van der Waals surface area contributed by atoms with Crippen molar-refractivity contribution in [2.24, 2.45) is 5.73 Å². The fourth-order valence-corrected chi connectivity index (χ4v) is 3.53. The number of cyclic esters (lactones) is 1. The minimum Gasteiger partial charge on any atom is -0.447 e. The third-order valence-electron chi connectivity index (χ3n) is 5.04. The lowest BCUT2D eigenvalue weighted by molar-refractivity contribution is 0.181. The SMILES string of the molecule is N[C@H]1CC[C@H](Nc2ncc(F)c(-c3cccc(N4CCOC4=O)c3)n2)CC1. The number of anilines is 2. The number of aromatic nitrogens is 2. The highest BCUT2D eigenvalue weighted by molar-refractivity contribution is 5.90. The van der Waals surface area contributed by atoms with Crippen LogP contribution in [0.15, 0.2) is 30.5 Å². The summed E-state index contributed by atoms with van der Waals surface area (Å²) >= 11 is 0. The van der Waals surface area contributed by atoms with E-state index in [2.05, 4.69) is 15.3 Å². The number of nitrogens with one attached hydrogen (secondary N) is 1. The molecule has 8 heteroatoms. The number of benzene rings is 1. The van der Waals surface area contributed by atoms with Gasteiger partial charge in [-0.1, -0.05) is 12.1 Å². The summed E-state index contributed by atoms with van der Waals surface area (Å²) in [6.45, 7) is 0.829. The zero-order valence-electron chi connectivity index (χ0n) is 14.9. The van der Waals surface area contributed by atoms with Gasteiger partial charge in [-0.3, -0.25) is 4.90 Å². The number of amides is 1. The van der Waals surface area contributed by atoms with Crippen molar-refractivity contribution in [3.8, 4) is 11.3 Å². The summed E-state index contributed by atoms with van der Waals surface area (Å²) < 4.78 is 19.4. The molecule has 3 N–H and O–H groups in total. The molecule has 2 aliphatic rings. The van der Waals surface area contributed by atoms with Crippen LogP contribution in [0, 0.1) is 5.82 Å². The van der Waals surface area contributed by atoms with Gasteiger partial charge < -0.3 is 15.8 Å². The van der Waals surface area contributed by atoms with Gasteiger partial charge in [0.2, 0.25) is 5.95 Å². The molecule has 2 fully saturated rings. The molecule has 0 atom stereocenters. The Morgan fingerprint density at radius 1 is 1.26 bits per heavy atom. The van der Waals surface area contributed by atoms with Crippen molar-refractivity contribution in [3.05, 3.63) is 36.3 Å². The Labute approximate surface area is 156 Å². The third kappa shape index (κ3) is 3.85. The zero-order chi connectivity index (χ0) is 18.8. The topological polar surface area (TPSA) is 93.4 Å². The van der Waals surface area contributed by atoms with Gasteiger partial charge >= 0.3 is 6.09 Å². The number of carbonyl (C=O) groups is 1. The predicted molar refractivity (Wildman–Crippen MR) is 100.0 cm³/mol. The third-order valence-corrected chi connectivity index (χ3v) is 5.04. The second-order valence-electron chi connectivity index (χ2n) is 6.96. The number of nitrogens with two attached hydrogens (primary N) is 1. The van der Waals surface area contributed by atoms with E-state index in [1.54, 1.807) is 24.3 Å². The molecule has 1 amide bonds. The fraction of sp³-hybridized carbons (Fsp3) is 0.421. The molecular formula is C19H22FN5O2. The van der Waals surface area contributed by atoms with Crippen molar-refractivity contribution in [1.82, 2.24) is 9.97 Å². The Bertz CT molecular complexity index is 839. The summed E-state index contributed by atoms with van der Waals surface area (Å²) in [5.74, 6) is -0.106. The van der Waals surface area contributed by atoms with Gasteiger partial charge in [0.25, 0.3) is 0 Å². The average Bonchev–Trinajstić information content (AvgIpc) is 3.11. The highest BCUT2D eigenvalue weighted by Crippen LogP contribution is 2.28. The molecule has 1 aromatic heterocycles. The molecule has 2 aromatic rings. The number of nitrogens with zero attached hydrogens (tertiary/aromatic N) is 3. The van der Waals surface area contributed by atoms with E-state index in [9.17, 15) is 9.18 Å². The lowest BCUT2D eigenvalue weighted by Crippen LogP contribution is -2.33. The maximum absolute atomic E-state index is 14.4. The number of hydrogen-bond donors (Lipinski definition) is 2. The first-order valence-corrected chi connectivity index (χ1v) is 9.19. The molecule has 1 saturated heterocycles. The Morgan fingerprint density at radius 2 is 2.07 bits per heavy atom. The second-order valence-corrected chi connectivity index (χ2v) is 6.96. The van der Waals surface area contributed by atoms with Crippen LogP contribution in [-0.4, -0.2) is 41.3 Å². The van der Waals surface area contributed by atoms with Crippen molar-refractivity contribution in [3.63, 3.8) is 0 Å². The van der Waals surface area contributed by atoms with Crippen LogP contribution in [0.25, 0.3) is 11.3 Å². The van der Waals surface area contributed by atoms with Crippen molar-refractivity contribution in [1.29, 1.82) is 0 Å². The molecule has 0 radical (unpaired) electrons. The lowest BCUT2D eigenvalue weighted by atomic mass is 9.92. The van der Waals surface area contributed by atoms with Gasteiger partial charge in [0, 0.05) is 23.3 Å². The van der Waals surface area contributed by atoms with Crippen molar-refractivity contribution in [2.75, 3.05) is 23.4 Å². The Kier molecular flexibility index (Phi) is 4.89. The molecule has 142 valence electrons. The molecule has 0 spiro atoms. The first-order chi connectivity index (χ1) is 13.1. The van der Waals surface area contributed by atoms with Crippen molar-refractivity contribution >= 4 is 17.7 Å². The van der Waals surface area contributed by atoms with E-state index in [-0.39, 0.29) is 17.8 Å². The van der Waals surface area contributed by atoms with Gasteiger partial charge in [-0.2, -0.15) is 0 Å². The van der Waals surface area contributed by atoms with Crippen molar-refractivity contribution < 1.29 is 13.9 Å². The van der Waals surface area contributed by atoms with E-state index in [0.717, 1.165) is 25.7 Å². The molecule has 1 aliphatic carbocycles. The van der Waals surface area contributed by atoms with E-state index in [1.807, 2.05) is 0 Å². The van der Waals surface area contributed by atoms with Crippen LogP contribution in [0.4, 0.5) is 20.8 Å². The largest absolute Gasteiger partial charge is 0.447 e. The van der Waals surface area contributed by atoms with E-state index < -0.39 is 11.9 Å². The molecule has 0 unspecified atom stereocenters. The van der Waals surface area contributed by atoms with Crippen LogP contribution in [0.5, 0.6) is 0 Å². The number of carbonyl (C=O) groups excluding carboxylic acids is 1. The summed E-state index contributed by atoms with van der Waals surface area (Å²) in [4.78, 5) is 21.7. The van der Waals surface area contributed by atoms with Crippen LogP contribution in [0.1, 0.15) is 25.7 Å². The Balaban J connectivity index is 1.57. The molecule has 2 heterocycles. The molecule has 7 nitrogen and oxygen atoms in total. The average molecular weight is 371 g/mol. The minimum absolute atomic E-state index is 0.203. The number of ether oxygens (including phenoxy) is 1. The first-order valence-electron chi connectivity index (χ1n) is 9.19. The highest BCUT2D eigenvalue weighted by Gasteiger charge is 2.24. The molecule has 27 heavy (non-hydrogen) atoms. The summed E-state index contributed by atoms with van der Waals surface area (Å²) in [5.41, 5.74) is 7.38. The van der Waals surface area contributed by atoms with Crippen LogP contribution in [0.3, 0.4) is 0 Å². The maximum atomic E-state index is 14.4. The smallest absolute Gasteiger partial charge is 0.414 e. The minimum atomic E-state index is -0.507. The normalized spacial score (nSPS) is 22.6. The van der Waals surface area contributed by atoms with Gasteiger partial charge in [0.15, 0.2) is 5.82 Å². The van der Waals surface area contributed by atoms with Gasteiger partial charge in [0.1, 0.15) is 12.3 Å². The molecular weight excluding hydrogens is 349 g/mol. The summed E-state index contributed by atoms with van der Waals surface area (Å²) in [6.07, 6.45) is 4.59. The second kappa shape index (κ2) is 7.48. The fourth-order valence-electron chi connectivity index (χ4n) is 3.53. The van der Waals surface area contributed by atoms with Crippen LogP contribution < -0.4 is 16.0 Å². The van der Waals surface area contributed by atoms with E-state index in [1.165, 1.54) is 11.1 Å². The van der Waals surface area contributed by atoms with Gasteiger partial charge in [-0.15, -0.1) is 0 Å². The van der Waals surface area contributed by atoms with E-state index in [0.29, 0.717) is 30.4 Å². The zero-order valence-corrected chi connectivity index (χ0v) is 14.9. The summed E-state index contributed by atoms with van der Waals surface area (Å²) in [5, 5.41) is 3.29. The maximum Gasteiger partial charge on any atom is 0.414 e. The number of halogens is 1. The molecule has 1 saturated carbocycles. The Hall–Kier alpha value is -2.74. The monoisotopic (exact) mass is 371 g/mol. The Morgan fingerprint density at radius 3 is 2.81 bits per heavy atom.